The number of hydrogen-bond acceptors (Lipinski definition) is 1. The van der Waals surface area contributed by atoms with Gasteiger partial charge in [-0.15, -0.1) is 12.4 Å². The van der Waals surface area contributed by atoms with Gasteiger partial charge in [0.15, 0.2) is 0 Å². The highest BCUT2D eigenvalue weighted by molar-refractivity contribution is 5.85. The van der Waals surface area contributed by atoms with Crippen molar-refractivity contribution in [2.24, 2.45) is 23.0 Å². The van der Waals surface area contributed by atoms with Crippen LogP contribution in [0.2, 0.25) is 0 Å². The van der Waals surface area contributed by atoms with E-state index in [2.05, 4.69) is 20.4 Å². The average molecular weight is 188 g/mol. The van der Waals surface area contributed by atoms with Crippen LogP contribution in [0.4, 0.5) is 0 Å². The Morgan fingerprint density at radius 1 is 1.42 bits per heavy atom. The summed E-state index contributed by atoms with van der Waals surface area (Å²) in [6, 6.07) is 0.414. The van der Waals surface area contributed by atoms with Crippen LogP contribution < -0.4 is 5.73 Å². The Morgan fingerprint density at radius 3 is 2.25 bits per heavy atom. The first-order chi connectivity index (χ1) is 5.05. The van der Waals surface area contributed by atoms with Crippen molar-refractivity contribution in [1.29, 1.82) is 0 Å². The van der Waals surface area contributed by atoms with Crippen molar-refractivity contribution < 1.29 is 0 Å². The molecule has 0 amide bonds. The molecule has 2 aliphatic rings. The van der Waals surface area contributed by atoms with E-state index < -0.39 is 0 Å². The Labute approximate surface area is 80.8 Å². The van der Waals surface area contributed by atoms with E-state index in [-0.39, 0.29) is 12.4 Å². The molecule has 2 fully saturated rings. The van der Waals surface area contributed by atoms with Gasteiger partial charge in [-0.2, -0.15) is 0 Å². The summed E-state index contributed by atoms with van der Waals surface area (Å²) < 4.78 is 0. The van der Waals surface area contributed by atoms with Crippen LogP contribution in [0.1, 0.15) is 26.7 Å². The lowest BCUT2D eigenvalue weighted by molar-refractivity contribution is 0.277. The van der Waals surface area contributed by atoms with Crippen molar-refractivity contribution in [3.63, 3.8) is 0 Å². The second-order valence-corrected chi connectivity index (χ2v) is 4.61. The Bertz CT molecular complexity index is 210. The number of rotatable bonds is 0. The molecule has 0 saturated heterocycles. The van der Waals surface area contributed by atoms with Gasteiger partial charge in [0, 0.05) is 6.04 Å². The van der Waals surface area contributed by atoms with Gasteiger partial charge in [-0.25, -0.2) is 0 Å². The molecule has 12 heavy (non-hydrogen) atoms. The quantitative estimate of drug-likeness (QED) is 0.579. The molecule has 2 bridgehead atoms. The highest BCUT2D eigenvalue weighted by atomic mass is 35.5. The molecule has 2 rings (SSSR count). The Hall–Kier alpha value is -0.0100. The lowest BCUT2D eigenvalue weighted by atomic mass is 9.73. The Morgan fingerprint density at radius 2 is 2.00 bits per heavy atom. The fourth-order valence-corrected chi connectivity index (χ4v) is 2.99. The number of fused-ring (bicyclic) bond motifs is 2. The fourth-order valence-electron chi connectivity index (χ4n) is 2.99. The predicted octanol–water partition coefficient (Wildman–Crippen LogP) is 2.36. The van der Waals surface area contributed by atoms with Gasteiger partial charge in [0.1, 0.15) is 0 Å². The number of hydrogen-bond donors (Lipinski definition) is 1. The SMILES string of the molecule is C=C1[C@@H]2CC[C@@H](C2N)C1(C)C.Cl. The second-order valence-electron chi connectivity index (χ2n) is 4.61. The van der Waals surface area contributed by atoms with Crippen molar-refractivity contribution in [3.05, 3.63) is 12.2 Å². The number of halogens is 1. The molecule has 0 aliphatic heterocycles. The first-order valence-corrected chi connectivity index (χ1v) is 4.50. The lowest BCUT2D eigenvalue weighted by Gasteiger charge is -2.31. The largest absolute Gasteiger partial charge is 0.327 e. The average Bonchev–Trinajstić information content (AvgIpc) is 2.34. The zero-order chi connectivity index (χ0) is 8.22. The maximum atomic E-state index is 6.09. The summed E-state index contributed by atoms with van der Waals surface area (Å²) in [4.78, 5) is 0. The maximum absolute atomic E-state index is 6.09. The van der Waals surface area contributed by atoms with E-state index in [9.17, 15) is 0 Å². The van der Waals surface area contributed by atoms with Gasteiger partial charge >= 0.3 is 0 Å². The van der Waals surface area contributed by atoms with Gasteiger partial charge in [0.25, 0.3) is 0 Å². The van der Waals surface area contributed by atoms with Gasteiger partial charge in [0.05, 0.1) is 0 Å². The second kappa shape index (κ2) is 2.74. The minimum Gasteiger partial charge on any atom is -0.327 e. The summed E-state index contributed by atoms with van der Waals surface area (Å²) in [6.07, 6.45) is 2.60. The molecule has 1 unspecified atom stereocenters. The molecule has 0 aromatic rings. The summed E-state index contributed by atoms with van der Waals surface area (Å²) in [6.45, 7) is 8.74. The van der Waals surface area contributed by atoms with Crippen LogP contribution in [0.3, 0.4) is 0 Å². The predicted molar refractivity (Wildman–Crippen MR) is 54.4 cm³/mol. The third-order valence-corrected chi connectivity index (χ3v) is 3.92. The topological polar surface area (TPSA) is 26.0 Å². The molecule has 2 N–H and O–H groups in total. The Balaban J connectivity index is 0.000000720. The monoisotopic (exact) mass is 187 g/mol. The van der Waals surface area contributed by atoms with Crippen molar-refractivity contribution in [1.82, 2.24) is 0 Å². The summed E-state index contributed by atoms with van der Waals surface area (Å²) in [5, 5.41) is 0. The van der Waals surface area contributed by atoms with Crippen molar-refractivity contribution >= 4 is 12.4 Å². The highest BCUT2D eigenvalue weighted by Gasteiger charge is 2.53. The van der Waals surface area contributed by atoms with E-state index >= 15 is 0 Å². The minimum absolute atomic E-state index is 0. The smallest absolute Gasteiger partial charge is 0.0141 e. The molecule has 0 aromatic carbocycles. The van der Waals surface area contributed by atoms with Crippen molar-refractivity contribution in [2.45, 2.75) is 32.7 Å². The lowest BCUT2D eigenvalue weighted by Crippen LogP contribution is -2.29. The molecule has 2 saturated carbocycles. The molecular formula is C10H18ClN. The molecule has 0 heterocycles. The summed E-state index contributed by atoms with van der Waals surface area (Å²) in [7, 11) is 0. The molecule has 0 aromatic heterocycles. The van der Waals surface area contributed by atoms with Crippen LogP contribution in [0.25, 0.3) is 0 Å². The molecule has 2 heteroatoms. The third-order valence-electron chi connectivity index (χ3n) is 3.92. The molecule has 70 valence electrons. The van der Waals surface area contributed by atoms with E-state index in [1.54, 1.807) is 0 Å². The fraction of sp³-hybridized carbons (Fsp3) is 0.800. The van der Waals surface area contributed by atoms with Crippen LogP contribution in [0, 0.1) is 17.3 Å². The first kappa shape index (κ1) is 10.1. The van der Waals surface area contributed by atoms with E-state index in [0.29, 0.717) is 23.3 Å². The first-order valence-electron chi connectivity index (χ1n) is 4.50. The van der Waals surface area contributed by atoms with Crippen molar-refractivity contribution in [3.8, 4) is 0 Å². The molecule has 2 aliphatic carbocycles. The van der Waals surface area contributed by atoms with Crippen LogP contribution in [-0.2, 0) is 0 Å². The summed E-state index contributed by atoms with van der Waals surface area (Å²) >= 11 is 0. The third kappa shape index (κ3) is 0.961. The van der Waals surface area contributed by atoms with Crippen LogP contribution in [0.15, 0.2) is 12.2 Å². The molecule has 1 nitrogen and oxygen atoms in total. The van der Waals surface area contributed by atoms with E-state index in [1.807, 2.05) is 0 Å². The van der Waals surface area contributed by atoms with Gasteiger partial charge < -0.3 is 5.73 Å². The minimum atomic E-state index is 0. The van der Waals surface area contributed by atoms with Crippen LogP contribution in [0.5, 0.6) is 0 Å². The summed E-state index contributed by atoms with van der Waals surface area (Å²) in [5.74, 6) is 1.34. The van der Waals surface area contributed by atoms with Gasteiger partial charge in [-0.05, 0) is 30.1 Å². The maximum Gasteiger partial charge on any atom is 0.0141 e. The zero-order valence-corrected chi connectivity index (χ0v) is 8.66. The van der Waals surface area contributed by atoms with Crippen LogP contribution in [-0.4, -0.2) is 6.04 Å². The zero-order valence-electron chi connectivity index (χ0n) is 7.84. The highest BCUT2D eigenvalue weighted by Crippen LogP contribution is 2.57. The summed E-state index contributed by atoms with van der Waals surface area (Å²) in [5.41, 5.74) is 7.82. The van der Waals surface area contributed by atoms with Gasteiger partial charge in [-0.3, -0.25) is 0 Å². The molecule has 0 radical (unpaired) electrons. The molecule has 0 spiro atoms. The molecule has 3 atom stereocenters. The number of nitrogens with two attached hydrogens (primary N) is 1. The van der Waals surface area contributed by atoms with E-state index in [0.717, 1.165) is 0 Å². The van der Waals surface area contributed by atoms with E-state index in [4.69, 9.17) is 5.73 Å². The van der Waals surface area contributed by atoms with Crippen molar-refractivity contribution in [2.75, 3.05) is 0 Å². The van der Waals surface area contributed by atoms with Gasteiger partial charge in [-0.1, -0.05) is 26.0 Å². The Kier molecular flexibility index (Phi) is 2.30. The van der Waals surface area contributed by atoms with E-state index in [1.165, 1.54) is 18.4 Å². The normalized spacial score (nSPS) is 42.9. The molecular weight excluding hydrogens is 170 g/mol. The van der Waals surface area contributed by atoms with Gasteiger partial charge in [0.2, 0.25) is 0 Å². The standard InChI is InChI=1S/C10H17N.ClH/c1-6-7-4-5-8(9(7)11)10(6,2)3;/h7-9H,1,4-5,11H2,2-3H3;1H/t7-,8-,9?;/m0./s1. The van der Waals surface area contributed by atoms with Crippen LogP contribution >= 0.6 is 12.4 Å².